The summed E-state index contributed by atoms with van der Waals surface area (Å²) in [6, 6.07) is 8.78. The van der Waals surface area contributed by atoms with Crippen molar-refractivity contribution < 1.29 is 0 Å². The molecule has 1 rings (SSSR count). The Morgan fingerprint density at radius 1 is 1.17 bits per heavy atom. The molecule has 0 atom stereocenters. The van der Waals surface area contributed by atoms with Crippen LogP contribution in [-0.4, -0.2) is 17.7 Å². The van der Waals surface area contributed by atoms with E-state index in [9.17, 15) is 0 Å². The van der Waals surface area contributed by atoms with E-state index in [-0.39, 0.29) is 0 Å². The van der Waals surface area contributed by atoms with Gasteiger partial charge in [0.25, 0.3) is 0 Å². The summed E-state index contributed by atoms with van der Waals surface area (Å²) in [4.78, 5) is 0. The maximum absolute atomic E-state index is 2.26. The average Bonchev–Trinajstić information content (AvgIpc) is 2.15. The molecule has 0 aliphatic carbocycles. The van der Waals surface area contributed by atoms with Crippen LogP contribution in [0, 0.1) is 0 Å². The Morgan fingerprint density at radius 2 is 1.83 bits per heavy atom. The second kappa shape index (κ2) is 5.46. The van der Waals surface area contributed by atoms with Crippen LogP contribution in [-0.2, 0) is 11.5 Å². The molecule has 0 radical (unpaired) electrons. The first-order valence-electron chi connectivity index (χ1n) is 4.95. The molecule has 12 heavy (non-hydrogen) atoms. The van der Waals surface area contributed by atoms with Gasteiger partial charge in [0, 0.05) is 0 Å². The molecule has 0 amide bonds. The third kappa shape index (κ3) is 2.70. The second-order valence-electron chi connectivity index (χ2n) is 3.23. The van der Waals surface area contributed by atoms with Crippen molar-refractivity contribution in [2.24, 2.45) is 0 Å². The predicted octanol–water partition coefficient (Wildman–Crippen LogP) is 2.70. The second-order valence-corrected chi connectivity index (χ2v) is 3.23. The Morgan fingerprint density at radius 3 is 2.42 bits per heavy atom. The van der Waals surface area contributed by atoms with Crippen molar-refractivity contribution in [3.63, 3.8) is 0 Å². The van der Waals surface area contributed by atoms with E-state index in [1.807, 2.05) is 0 Å². The van der Waals surface area contributed by atoms with Gasteiger partial charge >= 0.3 is 84.4 Å². The average molecular weight is 154 g/mol. The van der Waals surface area contributed by atoms with Crippen LogP contribution in [0.2, 0.25) is 0 Å². The molecule has 0 heterocycles. The fourth-order valence-electron chi connectivity index (χ4n) is 1.51. The number of hydrogen-bond donors (Lipinski definition) is 0. The summed E-state index contributed by atoms with van der Waals surface area (Å²) in [6.45, 7) is 2.24. The van der Waals surface area contributed by atoms with Crippen molar-refractivity contribution in [2.45, 2.75) is 31.3 Å². The standard InChI is InChI=1S/C11H15.Li/c1-3-4-8-11-9-6-5-7-10(11)2;/h5-7,9H,2-4,8H2,1H3;. The number of hydrogen-bond acceptors (Lipinski definition) is 0. The predicted molar refractivity (Wildman–Crippen MR) is 54.5 cm³/mol. The van der Waals surface area contributed by atoms with Crippen LogP contribution >= 0.6 is 0 Å². The van der Waals surface area contributed by atoms with Crippen molar-refractivity contribution in [3.8, 4) is 0 Å². The molecule has 0 unspecified atom stereocenters. The molecule has 60 valence electrons. The molecule has 0 aromatic heterocycles. The molecular weight excluding hydrogens is 139 g/mol. The summed E-state index contributed by atoms with van der Waals surface area (Å²) in [6.07, 6.45) is 3.86. The monoisotopic (exact) mass is 154 g/mol. The van der Waals surface area contributed by atoms with E-state index in [1.165, 1.54) is 29.9 Å². The van der Waals surface area contributed by atoms with Crippen LogP contribution in [0.25, 0.3) is 0 Å². The van der Waals surface area contributed by atoms with Gasteiger partial charge in [0.15, 0.2) is 0 Å². The Labute approximate surface area is 84.6 Å². The van der Waals surface area contributed by atoms with Gasteiger partial charge in [-0.3, -0.25) is 0 Å². The van der Waals surface area contributed by atoms with Crippen LogP contribution < -0.4 is 0 Å². The first-order chi connectivity index (χ1) is 5.88. The van der Waals surface area contributed by atoms with Gasteiger partial charge in [0.05, 0.1) is 0 Å². The van der Waals surface area contributed by atoms with Gasteiger partial charge in [-0.25, -0.2) is 0 Å². The fourth-order valence-corrected chi connectivity index (χ4v) is 1.51. The van der Waals surface area contributed by atoms with Crippen LogP contribution in [0.4, 0.5) is 0 Å². The summed E-state index contributed by atoms with van der Waals surface area (Å²) < 4.78 is 0. The number of benzene rings is 1. The number of unbranched alkanes of at least 4 members (excludes halogenated alkanes) is 1. The Bertz CT molecular complexity index is 230. The number of rotatable bonds is 4. The zero-order valence-corrected chi connectivity index (χ0v) is 8.14. The van der Waals surface area contributed by atoms with E-state index in [4.69, 9.17) is 0 Å². The third-order valence-corrected chi connectivity index (χ3v) is 2.30. The number of aryl methyl sites for hydroxylation is 1. The van der Waals surface area contributed by atoms with E-state index in [2.05, 4.69) is 48.9 Å². The zero-order chi connectivity index (χ0) is 8.81. The maximum atomic E-state index is 2.26. The molecule has 0 aliphatic heterocycles. The van der Waals surface area contributed by atoms with Gasteiger partial charge < -0.3 is 0 Å². The van der Waals surface area contributed by atoms with Gasteiger partial charge in [-0.2, -0.15) is 0 Å². The molecule has 0 N–H and O–H groups in total. The Balaban J connectivity index is 2.68. The minimum atomic E-state index is 1.17. The van der Waals surface area contributed by atoms with E-state index < -0.39 is 0 Å². The quantitative estimate of drug-likeness (QED) is 0.585. The molecular formula is C11H15Li. The van der Waals surface area contributed by atoms with Gasteiger partial charge in [0.1, 0.15) is 0 Å². The Hall–Kier alpha value is -0.183. The summed E-state index contributed by atoms with van der Waals surface area (Å²) in [7, 11) is 0. The SMILES string of the molecule is [Li][CH2]c1ccccc1CCCC. The normalized spacial score (nSPS) is 10.2. The van der Waals surface area contributed by atoms with E-state index in [0.29, 0.717) is 0 Å². The molecule has 0 nitrogen and oxygen atoms in total. The summed E-state index contributed by atoms with van der Waals surface area (Å²) in [5.41, 5.74) is 3.06. The molecule has 0 saturated heterocycles. The molecule has 1 aromatic carbocycles. The first-order valence-corrected chi connectivity index (χ1v) is 4.95. The van der Waals surface area contributed by atoms with Gasteiger partial charge in [-0.05, 0) is 0 Å². The summed E-state index contributed by atoms with van der Waals surface area (Å²) in [5.74, 6) is 0. The van der Waals surface area contributed by atoms with Crippen LogP contribution in [0.3, 0.4) is 0 Å². The summed E-state index contributed by atoms with van der Waals surface area (Å²) in [5, 5.41) is 1.17. The van der Waals surface area contributed by atoms with Gasteiger partial charge in [0.2, 0.25) is 0 Å². The van der Waals surface area contributed by atoms with Crippen molar-refractivity contribution in [1.82, 2.24) is 0 Å². The molecule has 0 fully saturated rings. The van der Waals surface area contributed by atoms with Crippen molar-refractivity contribution >= 4 is 17.7 Å². The zero-order valence-electron chi connectivity index (χ0n) is 8.14. The van der Waals surface area contributed by atoms with E-state index in [0.717, 1.165) is 0 Å². The first kappa shape index (κ1) is 9.90. The molecule has 1 aromatic rings. The molecule has 0 saturated carbocycles. The van der Waals surface area contributed by atoms with Crippen LogP contribution in [0.1, 0.15) is 30.9 Å². The fraction of sp³-hybridized carbons (Fsp3) is 0.455. The van der Waals surface area contributed by atoms with Crippen LogP contribution in [0.5, 0.6) is 0 Å². The topological polar surface area (TPSA) is 0 Å². The van der Waals surface area contributed by atoms with Crippen molar-refractivity contribution in [1.29, 1.82) is 0 Å². The molecule has 0 spiro atoms. The van der Waals surface area contributed by atoms with E-state index >= 15 is 0 Å². The third-order valence-electron chi connectivity index (χ3n) is 2.30. The Kier molecular flexibility index (Phi) is 4.51. The van der Waals surface area contributed by atoms with Gasteiger partial charge in [-0.15, -0.1) is 0 Å². The molecule has 0 aliphatic rings. The van der Waals surface area contributed by atoms with Crippen molar-refractivity contribution in [3.05, 3.63) is 35.4 Å². The molecule has 0 bridgehead atoms. The van der Waals surface area contributed by atoms with E-state index in [1.54, 1.807) is 5.56 Å². The molecule has 1 heteroatoms. The van der Waals surface area contributed by atoms with Gasteiger partial charge in [-0.1, -0.05) is 0 Å². The minimum absolute atomic E-state index is 1.17. The summed E-state index contributed by atoms with van der Waals surface area (Å²) >= 11 is 2.23. The van der Waals surface area contributed by atoms with Crippen LogP contribution in [0.15, 0.2) is 24.3 Å². The van der Waals surface area contributed by atoms with Crippen molar-refractivity contribution in [2.75, 3.05) is 0 Å².